The quantitative estimate of drug-likeness (QED) is 0.465. The number of carbonyl (C=O) groups excluding carboxylic acids is 2. The molecule has 0 unspecified atom stereocenters. The first-order valence-electron chi connectivity index (χ1n) is 8.65. The molecule has 130 valence electrons. The van der Waals surface area contributed by atoms with Gasteiger partial charge in [0.1, 0.15) is 11.5 Å². The summed E-state index contributed by atoms with van der Waals surface area (Å²) in [7, 11) is 0. The van der Waals surface area contributed by atoms with Gasteiger partial charge in [-0.3, -0.25) is 9.59 Å². The summed E-state index contributed by atoms with van der Waals surface area (Å²) in [5, 5.41) is 0. The highest BCUT2D eigenvalue weighted by Gasteiger charge is 2.34. The van der Waals surface area contributed by atoms with E-state index in [1.807, 2.05) is 36.4 Å². The number of fused-ring (bicyclic) bond motifs is 1. The number of rotatable bonds is 4. The maximum atomic E-state index is 12.5. The lowest BCUT2D eigenvalue weighted by molar-refractivity contribution is -0.135. The van der Waals surface area contributed by atoms with Gasteiger partial charge in [0.05, 0.1) is 11.5 Å². The zero-order chi connectivity index (χ0) is 18.1. The monoisotopic (exact) mass is 346 g/mol. The van der Waals surface area contributed by atoms with Gasteiger partial charge in [-0.05, 0) is 43.5 Å². The minimum atomic E-state index is -0.209. The molecule has 0 bridgehead atoms. The molecule has 4 heteroatoms. The van der Waals surface area contributed by atoms with Gasteiger partial charge in [0.2, 0.25) is 5.78 Å². The molecule has 0 amide bonds. The van der Waals surface area contributed by atoms with E-state index in [1.165, 1.54) is 0 Å². The van der Waals surface area contributed by atoms with Crippen LogP contribution < -0.4 is 9.47 Å². The van der Waals surface area contributed by atoms with Crippen LogP contribution in [-0.2, 0) is 4.79 Å². The summed E-state index contributed by atoms with van der Waals surface area (Å²) in [6.45, 7) is 1.80. The third-order valence-corrected chi connectivity index (χ3v) is 4.49. The van der Waals surface area contributed by atoms with Gasteiger partial charge < -0.3 is 9.47 Å². The summed E-state index contributed by atoms with van der Waals surface area (Å²) < 4.78 is 11.2. The van der Waals surface area contributed by atoms with E-state index in [9.17, 15) is 9.59 Å². The van der Waals surface area contributed by atoms with Gasteiger partial charge in [-0.15, -0.1) is 0 Å². The molecule has 0 saturated heterocycles. The molecule has 0 spiro atoms. The molecule has 26 heavy (non-hydrogen) atoms. The molecular formula is C22H18O4. The number of ketones is 1. The number of carbonyl (C=O) groups is 2. The molecule has 1 aliphatic heterocycles. The highest BCUT2D eigenvalue weighted by atomic mass is 16.5. The molecular weight excluding hydrogens is 328 g/mol. The van der Waals surface area contributed by atoms with Crippen molar-refractivity contribution in [3.05, 3.63) is 77.1 Å². The summed E-state index contributed by atoms with van der Waals surface area (Å²) in [5.41, 5.74) is 2.20. The number of esters is 1. The Kier molecular flexibility index (Phi) is 4.17. The maximum absolute atomic E-state index is 12.5. The minimum absolute atomic E-state index is 0.0174. The Morgan fingerprint density at radius 3 is 2.65 bits per heavy atom. The smallest absolute Gasteiger partial charge is 0.314 e. The van der Waals surface area contributed by atoms with Crippen LogP contribution in [0, 0.1) is 12.8 Å². The van der Waals surface area contributed by atoms with Crippen molar-refractivity contribution >= 4 is 17.8 Å². The van der Waals surface area contributed by atoms with Crippen LogP contribution in [0.1, 0.15) is 34.3 Å². The third kappa shape index (κ3) is 3.18. The lowest BCUT2D eigenvalue weighted by Crippen LogP contribution is -2.10. The van der Waals surface area contributed by atoms with E-state index in [1.54, 1.807) is 31.2 Å². The fourth-order valence-electron chi connectivity index (χ4n) is 2.81. The molecule has 0 N–H and O–H groups in total. The Balaban J connectivity index is 1.54. The van der Waals surface area contributed by atoms with Crippen molar-refractivity contribution in [1.82, 2.24) is 0 Å². The van der Waals surface area contributed by atoms with Crippen molar-refractivity contribution < 1.29 is 19.1 Å². The molecule has 0 aromatic heterocycles. The predicted molar refractivity (Wildman–Crippen MR) is 98.1 cm³/mol. The maximum Gasteiger partial charge on any atom is 0.314 e. The van der Waals surface area contributed by atoms with Crippen LogP contribution in [0.3, 0.4) is 0 Å². The molecule has 0 atom stereocenters. The van der Waals surface area contributed by atoms with E-state index in [-0.39, 0.29) is 23.4 Å². The second-order valence-corrected chi connectivity index (χ2v) is 6.49. The zero-order valence-electron chi connectivity index (χ0n) is 14.4. The molecule has 4 nitrogen and oxygen atoms in total. The van der Waals surface area contributed by atoms with E-state index >= 15 is 0 Å². The first kappa shape index (κ1) is 16.3. The predicted octanol–water partition coefficient (Wildman–Crippen LogP) is 4.48. The highest BCUT2D eigenvalue weighted by Crippen LogP contribution is 2.40. The summed E-state index contributed by atoms with van der Waals surface area (Å²) in [6.07, 6.45) is 7.13. The number of hydrogen-bond donors (Lipinski definition) is 0. The second kappa shape index (κ2) is 6.64. The van der Waals surface area contributed by atoms with Crippen LogP contribution >= 0.6 is 0 Å². The third-order valence-electron chi connectivity index (χ3n) is 4.49. The molecule has 2 aromatic rings. The number of ether oxygens (including phenoxy) is 2. The Hall–Kier alpha value is -3.14. The molecule has 1 aliphatic carbocycles. The lowest BCUT2D eigenvalue weighted by atomic mass is 10.1. The zero-order valence-corrected chi connectivity index (χ0v) is 14.4. The number of allylic oxidation sites excluding steroid dienone is 3. The Morgan fingerprint density at radius 2 is 1.92 bits per heavy atom. The van der Waals surface area contributed by atoms with Crippen LogP contribution in [-0.4, -0.2) is 11.8 Å². The van der Waals surface area contributed by atoms with E-state index in [4.69, 9.17) is 9.47 Å². The summed E-state index contributed by atoms with van der Waals surface area (Å²) in [4.78, 5) is 24.4. The fraction of sp³-hybridized carbons (Fsp3) is 0.182. The van der Waals surface area contributed by atoms with Crippen LogP contribution in [0.4, 0.5) is 0 Å². The average molecular weight is 346 g/mol. The molecule has 4 rings (SSSR count). The molecule has 1 fully saturated rings. The first-order valence-corrected chi connectivity index (χ1v) is 8.65. The van der Waals surface area contributed by atoms with Gasteiger partial charge in [-0.25, -0.2) is 0 Å². The molecule has 1 heterocycles. The van der Waals surface area contributed by atoms with Crippen molar-refractivity contribution in [2.75, 3.05) is 0 Å². The standard InChI is InChI=1S/C22H18O4/c1-14-18(26-22(24)16-10-11-16)13-12-17-20(23)19(25-21(14)17)9-5-8-15-6-3-2-4-7-15/h2-9,12-13,16H,10-11H2,1H3/b8-5+,19-9-. The van der Waals surface area contributed by atoms with Crippen LogP contribution in [0.15, 0.2) is 60.4 Å². The van der Waals surface area contributed by atoms with E-state index < -0.39 is 0 Å². The van der Waals surface area contributed by atoms with Crippen molar-refractivity contribution in [2.24, 2.45) is 5.92 Å². The molecule has 1 saturated carbocycles. The van der Waals surface area contributed by atoms with Crippen molar-refractivity contribution in [3.8, 4) is 11.5 Å². The van der Waals surface area contributed by atoms with Crippen molar-refractivity contribution in [2.45, 2.75) is 19.8 Å². The molecule has 2 aromatic carbocycles. The van der Waals surface area contributed by atoms with E-state index in [0.717, 1.165) is 18.4 Å². The Labute approximate surface area is 151 Å². The topological polar surface area (TPSA) is 52.6 Å². The van der Waals surface area contributed by atoms with Gasteiger partial charge in [0, 0.05) is 5.56 Å². The minimum Gasteiger partial charge on any atom is -0.452 e. The van der Waals surface area contributed by atoms with Gasteiger partial charge in [0.25, 0.3) is 0 Å². The van der Waals surface area contributed by atoms with E-state index in [0.29, 0.717) is 22.6 Å². The second-order valence-electron chi connectivity index (χ2n) is 6.49. The number of hydrogen-bond acceptors (Lipinski definition) is 4. The summed E-state index contributed by atoms with van der Waals surface area (Å²) in [6, 6.07) is 13.1. The van der Waals surface area contributed by atoms with Crippen molar-refractivity contribution in [1.29, 1.82) is 0 Å². The summed E-state index contributed by atoms with van der Waals surface area (Å²) in [5.74, 6) is 0.828. The van der Waals surface area contributed by atoms with E-state index in [2.05, 4.69) is 0 Å². The largest absolute Gasteiger partial charge is 0.452 e. The number of Topliss-reactive ketones (excluding diaryl/α,β-unsaturated/α-hetero) is 1. The molecule has 2 aliphatic rings. The summed E-state index contributed by atoms with van der Waals surface area (Å²) >= 11 is 0. The highest BCUT2D eigenvalue weighted by molar-refractivity contribution is 6.13. The molecule has 0 radical (unpaired) electrons. The fourth-order valence-corrected chi connectivity index (χ4v) is 2.81. The average Bonchev–Trinajstić information content (AvgIpc) is 3.45. The van der Waals surface area contributed by atoms with Gasteiger partial charge in [-0.1, -0.05) is 42.5 Å². The lowest BCUT2D eigenvalue weighted by Gasteiger charge is -2.09. The van der Waals surface area contributed by atoms with Crippen LogP contribution in [0.2, 0.25) is 0 Å². The van der Waals surface area contributed by atoms with Gasteiger partial charge in [-0.2, -0.15) is 0 Å². The first-order chi connectivity index (χ1) is 12.6. The van der Waals surface area contributed by atoms with Gasteiger partial charge >= 0.3 is 5.97 Å². The van der Waals surface area contributed by atoms with Crippen LogP contribution in [0.25, 0.3) is 6.08 Å². The normalized spacial score (nSPS) is 17.4. The number of benzene rings is 2. The Morgan fingerprint density at radius 1 is 1.15 bits per heavy atom. The van der Waals surface area contributed by atoms with Crippen molar-refractivity contribution in [3.63, 3.8) is 0 Å². The SMILES string of the molecule is Cc1c(OC(=O)C2CC2)ccc2c1O/C(=C\C=C\c1ccccc1)C2=O. The van der Waals surface area contributed by atoms with Crippen LogP contribution in [0.5, 0.6) is 11.5 Å². The Bertz CT molecular complexity index is 934. The van der Waals surface area contributed by atoms with Gasteiger partial charge in [0.15, 0.2) is 5.76 Å².